The summed E-state index contributed by atoms with van der Waals surface area (Å²) in [5.74, 6) is -0.447. The van der Waals surface area contributed by atoms with Crippen molar-refractivity contribution in [2.24, 2.45) is 0 Å². The second kappa shape index (κ2) is 11.3. The van der Waals surface area contributed by atoms with Crippen molar-refractivity contribution in [3.05, 3.63) is 89.0 Å². The van der Waals surface area contributed by atoms with E-state index in [4.69, 9.17) is 9.15 Å². The van der Waals surface area contributed by atoms with Crippen LogP contribution in [0.15, 0.2) is 76.6 Å². The van der Waals surface area contributed by atoms with E-state index in [2.05, 4.69) is 27.6 Å². The van der Waals surface area contributed by atoms with Crippen LogP contribution < -0.4 is 20.8 Å². The Morgan fingerprint density at radius 3 is 2.83 bits per heavy atom. The van der Waals surface area contributed by atoms with Crippen molar-refractivity contribution in [3.8, 4) is 17.2 Å². The van der Waals surface area contributed by atoms with E-state index in [0.29, 0.717) is 54.6 Å². The highest BCUT2D eigenvalue weighted by atomic mass is 19.1. The first-order chi connectivity index (χ1) is 22.5. The van der Waals surface area contributed by atoms with Gasteiger partial charge in [0.1, 0.15) is 27.9 Å². The van der Waals surface area contributed by atoms with Gasteiger partial charge >= 0.3 is 0 Å². The third kappa shape index (κ3) is 4.78. The normalized spacial score (nSPS) is 15.8. The smallest absolute Gasteiger partial charge is 0.256 e. The molecule has 2 N–H and O–H groups in total. The van der Waals surface area contributed by atoms with Gasteiger partial charge in [-0.3, -0.25) is 9.59 Å². The van der Waals surface area contributed by atoms with Crippen molar-refractivity contribution >= 4 is 44.4 Å². The Morgan fingerprint density at radius 2 is 2.00 bits per heavy atom. The van der Waals surface area contributed by atoms with E-state index in [1.807, 2.05) is 47.2 Å². The lowest BCUT2D eigenvalue weighted by Crippen LogP contribution is -2.31. The molecule has 1 unspecified atom stereocenters. The van der Waals surface area contributed by atoms with Crippen molar-refractivity contribution in [3.63, 3.8) is 0 Å². The summed E-state index contributed by atoms with van der Waals surface area (Å²) in [6, 6.07) is 13.1. The summed E-state index contributed by atoms with van der Waals surface area (Å²) in [7, 11) is 2.12. The standard InChI is InChI=1S/C35H33FN6O4/c1-40-13-4-6-21(40)9-11-38-31-26(36)16-24-32-34(31)46-30-17-23-22-7-2-3-8-28(22)45-29(23)18-27(30)42(32)19-25(33(24)43)35(44)39-10-5-14-41-15-12-37-20-41/h2-3,7-8,12,15-21,38H,4-6,9-11,13-14H2,1H3,(H,39,44). The van der Waals surface area contributed by atoms with Gasteiger partial charge < -0.3 is 33.8 Å². The van der Waals surface area contributed by atoms with Crippen LogP contribution in [0.2, 0.25) is 0 Å². The van der Waals surface area contributed by atoms with Gasteiger partial charge in [0.15, 0.2) is 17.3 Å². The average Bonchev–Trinajstić information content (AvgIpc) is 3.81. The maximum Gasteiger partial charge on any atom is 0.256 e. The van der Waals surface area contributed by atoms with E-state index in [1.54, 1.807) is 17.1 Å². The lowest BCUT2D eigenvalue weighted by Gasteiger charge is -2.26. The molecule has 1 saturated heterocycles. The molecule has 0 saturated carbocycles. The Bertz CT molecular complexity index is 2190. The molecular formula is C35H33FN6O4. The maximum atomic E-state index is 16.0. The maximum absolute atomic E-state index is 16.0. The zero-order valence-electron chi connectivity index (χ0n) is 25.4. The first kappa shape index (κ1) is 28.3. The number of pyridine rings is 1. The molecule has 11 heteroatoms. The van der Waals surface area contributed by atoms with Crippen LogP contribution in [0.5, 0.6) is 11.5 Å². The molecule has 3 aromatic heterocycles. The number of hydrogen-bond donors (Lipinski definition) is 2. The summed E-state index contributed by atoms with van der Waals surface area (Å²) in [5, 5.41) is 7.98. The summed E-state index contributed by atoms with van der Waals surface area (Å²) in [6.07, 6.45) is 10.5. The zero-order chi connectivity index (χ0) is 31.4. The Balaban J connectivity index is 1.22. The second-order valence-corrected chi connectivity index (χ2v) is 12.1. The summed E-state index contributed by atoms with van der Waals surface area (Å²) < 4.78 is 32.3. The number of amides is 1. The van der Waals surface area contributed by atoms with Gasteiger partial charge in [-0.05, 0) is 57.5 Å². The number of anilines is 1. The van der Waals surface area contributed by atoms with Crippen LogP contribution in [0.1, 0.15) is 36.0 Å². The van der Waals surface area contributed by atoms with Crippen LogP contribution in [0, 0.1) is 5.82 Å². The molecule has 6 aromatic rings. The number of likely N-dealkylation sites (tertiary alicyclic amines) is 1. The topological polar surface area (TPSA) is 107 Å². The van der Waals surface area contributed by atoms with Crippen LogP contribution >= 0.6 is 0 Å². The van der Waals surface area contributed by atoms with Crippen molar-refractivity contribution < 1.29 is 18.3 Å². The molecule has 8 rings (SSSR count). The van der Waals surface area contributed by atoms with Crippen LogP contribution in [0.3, 0.4) is 0 Å². The molecule has 2 aliphatic heterocycles. The first-order valence-corrected chi connectivity index (χ1v) is 15.7. The fourth-order valence-corrected chi connectivity index (χ4v) is 6.85. The first-order valence-electron chi connectivity index (χ1n) is 15.7. The quantitative estimate of drug-likeness (QED) is 0.189. The number of imidazole rings is 1. The van der Waals surface area contributed by atoms with E-state index < -0.39 is 17.2 Å². The number of aryl methyl sites for hydroxylation is 1. The number of benzene rings is 3. The zero-order valence-corrected chi connectivity index (χ0v) is 25.4. The number of ether oxygens (including phenoxy) is 1. The highest BCUT2D eigenvalue weighted by Gasteiger charge is 2.30. The number of fused-ring (bicyclic) bond motifs is 5. The monoisotopic (exact) mass is 620 g/mol. The second-order valence-electron chi connectivity index (χ2n) is 12.1. The Kier molecular flexibility index (Phi) is 6.97. The van der Waals surface area contributed by atoms with E-state index in [9.17, 15) is 9.59 Å². The highest BCUT2D eigenvalue weighted by Crippen LogP contribution is 2.47. The molecule has 0 bridgehead atoms. The summed E-state index contributed by atoms with van der Waals surface area (Å²) in [4.78, 5) is 33.6. The molecular weight excluding hydrogens is 587 g/mol. The molecule has 234 valence electrons. The van der Waals surface area contributed by atoms with E-state index in [1.165, 1.54) is 12.3 Å². The number of hydrogen-bond acceptors (Lipinski definition) is 7. The van der Waals surface area contributed by atoms with Crippen molar-refractivity contribution in [1.29, 1.82) is 0 Å². The summed E-state index contributed by atoms with van der Waals surface area (Å²) in [5.41, 5.74) is 1.89. The third-order valence-electron chi connectivity index (χ3n) is 9.26. The molecule has 0 radical (unpaired) electrons. The lowest BCUT2D eigenvalue weighted by molar-refractivity contribution is 0.0951. The van der Waals surface area contributed by atoms with E-state index in [0.717, 1.165) is 42.2 Å². The molecule has 10 nitrogen and oxygen atoms in total. The van der Waals surface area contributed by atoms with E-state index >= 15 is 4.39 Å². The van der Waals surface area contributed by atoms with Crippen LogP contribution in [-0.2, 0) is 6.54 Å². The SMILES string of the molecule is CN1CCCC1CCNc1c(F)cc2c(=O)c(C(=O)NCCCn3ccnc3)cn3c2c1Oc1cc2c(cc1-3)oc1ccccc12. The Morgan fingerprint density at radius 1 is 1.11 bits per heavy atom. The molecule has 1 amide bonds. The fraction of sp³-hybridized carbons (Fsp3) is 0.286. The highest BCUT2D eigenvalue weighted by molar-refractivity contribution is 6.07. The van der Waals surface area contributed by atoms with Gasteiger partial charge in [0.2, 0.25) is 5.43 Å². The summed E-state index contributed by atoms with van der Waals surface area (Å²) in [6.45, 7) is 2.62. The summed E-state index contributed by atoms with van der Waals surface area (Å²) >= 11 is 0. The molecule has 0 spiro atoms. The molecule has 2 aliphatic rings. The predicted octanol–water partition coefficient (Wildman–Crippen LogP) is 6.05. The average molecular weight is 621 g/mol. The predicted molar refractivity (Wildman–Crippen MR) is 175 cm³/mol. The number of carbonyl (C=O) groups is 1. The van der Waals surface area contributed by atoms with Gasteiger partial charge in [-0.1, -0.05) is 18.2 Å². The van der Waals surface area contributed by atoms with Crippen molar-refractivity contribution in [1.82, 2.24) is 24.3 Å². The molecule has 0 aliphatic carbocycles. The van der Waals surface area contributed by atoms with Gasteiger partial charge in [-0.15, -0.1) is 0 Å². The van der Waals surface area contributed by atoms with Gasteiger partial charge in [0, 0.05) is 61.1 Å². The third-order valence-corrected chi connectivity index (χ3v) is 9.26. The number of furan rings is 1. The number of carbonyl (C=O) groups excluding carboxylic acids is 1. The Labute approximate surface area is 263 Å². The molecule has 5 heterocycles. The molecule has 46 heavy (non-hydrogen) atoms. The fourth-order valence-electron chi connectivity index (χ4n) is 6.85. The van der Waals surface area contributed by atoms with E-state index in [-0.39, 0.29) is 22.4 Å². The number of nitrogens with zero attached hydrogens (tertiary/aromatic N) is 4. The number of para-hydroxylation sites is 1. The minimum atomic E-state index is -0.609. The van der Waals surface area contributed by atoms with Crippen LogP contribution in [0.25, 0.3) is 38.5 Å². The number of halogens is 1. The van der Waals surface area contributed by atoms with Crippen molar-refractivity contribution in [2.75, 3.05) is 32.0 Å². The number of nitrogens with one attached hydrogen (secondary N) is 2. The van der Waals surface area contributed by atoms with Crippen LogP contribution in [-0.4, -0.2) is 57.6 Å². The largest absolute Gasteiger partial charge is 0.456 e. The number of aromatic nitrogens is 3. The molecule has 1 fully saturated rings. The lowest BCUT2D eigenvalue weighted by atomic mass is 10.0. The van der Waals surface area contributed by atoms with Gasteiger partial charge in [0.25, 0.3) is 5.91 Å². The molecule has 1 atom stereocenters. The van der Waals surface area contributed by atoms with Crippen LogP contribution in [0.4, 0.5) is 10.1 Å². The number of rotatable bonds is 9. The molecule has 3 aromatic carbocycles. The van der Waals surface area contributed by atoms with Crippen molar-refractivity contribution in [2.45, 2.75) is 38.3 Å². The minimum absolute atomic E-state index is 0.0648. The Hall–Kier alpha value is -5.16. The minimum Gasteiger partial charge on any atom is -0.456 e. The van der Waals surface area contributed by atoms with Gasteiger partial charge in [0.05, 0.1) is 17.4 Å². The van der Waals surface area contributed by atoms with Gasteiger partial charge in [-0.2, -0.15) is 0 Å². The van der Waals surface area contributed by atoms with Gasteiger partial charge in [-0.25, -0.2) is 9.37 Å².